The molecule has 1 saturated carbocycles. The van der Waals surface area contributed by atoms with Gasteiger partial charge in [-0.15, -0.1) is 0 Å². The van der Waals surface area contributed by atoms with E-state index >= 15 is 0 Å². The van der Waals surface area contributed by atoms with E-state index in [0.717, 1.165) is 12.8 Å². The second-order valence-electron chi connectivity index (χ2n) is 6.69. The first-order chi connectivity index (χ1) is 9.21. The van der Waals surface area contributed by atoms with Crippen molar-refractivity contribution in [2.75, 3.05) is 20.6 Å². The Morgan fingerprint density at radius 3 is 2.25 bits per heavy atom. The Morgan fingerprint density at radius 1 is 1.15 bits per heavy atom. The van der Waals surface area contributed by atoms with Crippen molar-refractivity contribution < 1.29 is 13.2 Å². The summed E-state index contributed by atoms with van der Waals surface area (Å²) in [5.41, 5.74) is 0. The van der Waals surface area contributed by atoms with E-state index in [2.05, 4.69) is 24.1 Å². The summed E-state index contributed by atoms with van der Waals surface area (Å²) < 4.78 is 39.1. The number of hydrogen-bond acceptors (Lipinski definition) is 2. The van der Waals surface area contributed by atoms with Crippen LogP contribution in [0.15, 0.2) is 0 Å². The first kappa shape index (κ1) is 17.8. The van der Waals surface area contributed by atoms with Gasteiger partial charge in [0.25, 0.3) is 0 Å². The van der Waals surface area contributed by atoms with Crippen LogP contribution in [0.2, 0.25) is 0 Å². The van der Waals surface area contributed by atoms with Crippen LogP contribution in [0.1, 0.15) is 46.0 Å². The summed E-state index contributed by atoms with van der Waals surface area (Å²) in [5.74, 6) is -0.618. The predicted octanol–water partition coefficient (Wildman–Crippen LogP) is 3.67. The van der Waals surface area contributed by atoms with Crippen LogP contribution in [-0.4, -0.2) is 43.8 Å². The van der Waals surface area contributed by atoms with E-state index in [1.807, 2.05) is 14.1 Å². The Hall–Kier alpha value is -0.290. The van der Waals surface area contributed by atoms with Crippen molar-refractivity contribution in [1.29, 1.82) is 0 Å². The first-order valence-electron chi connectivity index (χ1n) is 7.68. The maximum Gasteiger partial charge on any atom is 0.393 e. The fraction of sp³-hybridized carbons (Fsp3) is 1.00. The monoisotopic (exact) mass is 294 g/mol. The third-order valence-electron chi connectivity index (χ3n) is 4.28. The van der Waals surface area contributed by atoms with Crippen molar-refractivity contribution in [3.05, 3.63) is 0 Å². The quantitative estimate of drug-likeness (QED) is 0.804. The third kappa shape index (κ3) is 5.60. The lowest BCUT2D eigenvalue weighted by atomic mass is 9.84. The molecule has 1 N–H and O–H groups in total. The molecule has 0 aromatic heterocycles. The van der Waals surface area contributed by atoms with Crippen molar-refractivity contribution in [2.45, 2.75) is 64.2 Å². The number of nitrogens with zero attached hydrogens (tertiary/aromatic N) is 1. The van der Waals surface area contributed by atoms with Crippen LogP contribution in [0, 0.1) is 11.8 Å². The lowest BCUT2D eigenvalue weighted by Crippen LogP contribution is -2.49. The van der Waals surface area contributed by atoms with Gasteiger partial charge in [-0.2, -0.15) is 13.2 Å². The number of alkyl halides is 3. The fourth-order valence-electron chi connectivity index (χ4n) is 3.08. The Labute approximate surface area is 121 Å². The molecule has 0 saturated heterocycles. The minimum Gasteiger partial charge on any atom is -0.312 e. The van der Waals surface area contributed by atoms with Gasteiger partial charge in [-0.3, -0.25) is 0 Å². The molecule has 3 unspecified atom stereocenters. The highest BCUT2D eigenvalue weighted by molar-refractivity contribution is 4.87. The molecule has 3 atom stereocenters. The molecule has 0 aliphatic heterocycles. The minimum atomic E-state index is -4.07. The average molecular weight is 294 g/mol. The molecule has 0 heterocycles. The zero-order valence-electron chi connectivity index (χ0n) is 13.1. The molecule has 1 aliphatic rings. The van der Waals surface area contributed by atoms with Gasteiger partial charge in [-0.25, -0.2) is 0 Å². The average Bonchev–Trinajstić information content (AvgIpc) is 2.33. The highest BCUT2D eigenvalue weighted by atomic mass is 19.4. The predicted molar refractivity (Wildman–Crippen MR) is 76.7 cm³/mol. The Bertz CT molecular complexity index is 277. The molecule has 5 heteroatoms. The molecule has 20 heavy (non-hydrogen) atoms. The maximum atomic E-state index is 13.0. The molecule has 1 rings (SSSR count). The van der Waals surface area contributed by atoms with Crippen molar-refractivity contribution in [2.24, 2.45) is 11.8 Å². The molecular formula is C15H29F3N2. The number of nitrogens with one attached hydrogen (secondary N) is 1. The summed E-state index contributed by atoms with van der Waals surface area (Å²) in [7, 11) is 3.99. The summed E-state index contributed by atoms with van der Waals surface area (Å²) >= 11 is 0. The standard InChI is InChI=1S/C15H29F3N2/c1-11(2)9-12(20(3)4)10-19-14-8-6-5-7-13(14)15(16,17)18/h11-14,19H,5-10H2,1-4H3. The lowest BCUT2D eigenvalue weighted by Gasteiger charge is -2.36. The lowest BCUT2D eigenvalue weighted by molar-refractivity contribution is -0.189. The number of likely N-dealkylation sites (N-methyl/N-ethyl adjacent to an activating group) is 1. The van der Waals surface area contributed by atoms with Crippen LogP contribution >= 0.6 is 0 Å². The molecule has 0 amide bonds. The van der Waals surface area contributed by atoms with Crippen LogP contribution in [-0.2, 0) is 0 Å². The van der Waals surface area contributed by atoms with Crippen LogP contribution in [0.4, 0.5) is 13.2 Å². The molecular weight excluding hydrogens is 265 g/mol. The maximum absolute atomic E-state index is 13.0. The van der Waals surface area contributed by atoms with Crippen molar-refractivity contribution in [3.8, 4) is 0 Å². The normalized spacial score (nSPS) is 26.2. The first-order valence-corrected chi connectivity index (χ1v) is 7.68. The van der Waals surface area contributed by atoms with Crippen LogP contribution in [0.25, 0.3) is 0 Å². The summed E-state index contributed by atoms with van der Waals surface area (Å²) in [5, 5.41) is 3.20. The minimum absolute atomic E-state index is 0.276. The highest BCUT2D eigenvalue weighted by Gasteiger charge is 2.45. The topological polar surface area (TPSA) is 15.3 Å². The van der Waals surface area contributed by atoms with Crippen molar-refractivity contribution in [3.63, 3.8) is 0 Å². The van der Waals surface area contributed by atoms with Gasteiger partial charge in [-0.05, 0) is 39.3 Å². The number of halogens is 3. The van der Waals surface area contributed by atoms with E-state index in [9.17, 15) is 13.2 Å². The largest absolute Gasteiger partial charge is 0.393 e. The van der Waals surface area contributed by atoms with Crippen molar-refractivity contribution >= 4 is 0 Å². The van der Waals surface area contributed by atoms with E-state index in [-0.39, 0.29) is 6.42 Å². The second-order valence-corrected chi connectivity index (χ2v) is 6.69. The van der Waals surface area contributed by atoms with E-state index in [1.54, 1.807) is 0 Å². The van der Waals surface area contributed by atoms with Gasteiger partial charge in [0, 0.05) is 18.6 Å². The molecule has 1 fully saturated rings. The smallest absolute Gasteiger partial charge is 0.312 e. The molecule has 0 aromatic carbocycles. The third-order valence-corrected chi connectivity index (χ3v) is 4.28. The molecule has 0 bridgehead atoms. The van der Waals surface area contributed by atoms with Crippen LogP contribution < -0.4 is 5.32 Å². The number of hydrogen-bond donors (Lipinski definition) is 1. The van der Waals surface area contributed by atoms with Gasteiger partial charge in [0.05, 0.1) is 5.92 Å². The number of rotatable bonds is 6. The molecule has 0 spiro atoms. The van der Waals surface area contributed by atoms with Gasteiger partial charge in [0.1, 0.15) is 0 Å². The Balaban J connectivity index is 2.55. The molecule has 0 aromatic rings. The van der Waals surface area contributed by atoms with E-state index in [1.165, 1.54) is 0 Å². The molecule has 0 radical (unpaired) electrons. The Morgan fingerprint density at radius 2 is 1.75 bits per heavy atom. The molecule has 1 aliphatic carbocycles. The van der Waals surface area contributed by atoms with E-state index in [4.69, 9.17) is 0 Å². The molecule has 120 valence electrons. The van der Waals surface area contributed by atoms with E-state index < -0.39 is 18.1 Å². The molecule has 2 nitrogen and oxygen atoms in total. The SMILES string of the molecule is CC(C)CC(CNC1CCCCC1C(F)(F)F)N(C)C. The highest BCUT2D eigenvalue weighted by Crippen LogP contribution is 2.37. The van der Waals surface area contributed by atoms with Gasteiger partial charge in [0.2, 0.25) is 0 Å². The van der Waals surface area contributed by atoms with Gasteiger partial charge in [0.15, 0.2) is 0 Å². The summed E-state index contributed by atoms with van der Waals surface area (Å²) in [6.45, 7) is 4.94. The van der Waals surface area contributed by atoms with Crippen molar-refractivity contribution in [1.82, 2.24) is 10.2 Å². The summed E-state index contributed by atoms with van der Waals surface area (Å²) in [6, 6.07) is -0.107. The summed E-state index contributed by atoms with van der Waals surface area (Å²) in [6.07, 6.45) is -0.538. The Kier molecular flexibility index (Phi) is 6.79. The van der Waals surface area contributed by atoms with Gasteiger partial charge >= 0.3 is 6.18 Å². The van der Waals surface area contributed by atoms with Gasteiger partial charge < -0.3 is 10.2 Å². The zero-order chi connectivity index (χ0) is 15.3. The fourth-order valence-corrected chi connectivity index (χ4v) is 3.08. The van der Waals surface area contributed by atoms with Crippen LogP contribution in [0.3, 0.4) is 0 Å². The second kappa shape index (κ2) is 7.64. The summed E-state index contributed by atoms with van der Waals surface area (Å²) in [4.78, 5) is 2.11. The van der Waals surface area contributed by atoms with Crippen LogP contribution in [0.5, 0.6) is 0 Å². The van der Waals surface area contributed by atoms with E-state index in [0.29, 0.717) is 31.3 Å². The van der Waals surface area contributed by atoms with Gasteiger partial charge in [-0.1, -0.05) is 26.7 Å². The zero-order valence-corrected chi connectivity index (χ0v) is 13.1.